The molecular weight excluding hydrogens is 260 g/mol. The number of halogens is 1. The van der Waals surface area contributed by atoms with Gasteiger partial charge in [0.2, 0.25) is 0 Å². The van der Waals surface area contributed by atoms with Crippen LogP contribution in [0.1, 0.15) is 50.7 Å². The lowest BCUT2D eigenvalue weighted by atomic mass is 10.0. The molecule has 0 heterocycles. The molecule has 0 saturated heterocycles. The molecule has 0 aliphatic carbocycles. The van der Waals surface area contributed by atoms with Gasteiger partial charge in [0.15, 0.2) is 0 Å². The monoisotopic (exact) mass is 282 g/mol. The molecule has 0 saturated carbocycles. The van der Waals surface area contributed by atoms with Gasteiger partial charge in [-0.05, 0) is 24.1 Å². The molecule has 0 fully saturated rings. The van der Waals surface area contributed by atoms with Crippen LogP contribution in [-0.4, -0.2) is 11.7 Å². The van der Waals surface area contributed by atoms with E-state index in [1.165, 1.54) is 12.0 Å². The zero-order valence-corrected chi connectivity index (χ0v) is 12.3. The SMILES string of the molecule is CCCCCC(O)c1cccc(OCC/C=C/Cl)c1. The summed E-state index contributed by atoms with van der Waals surface area (Å²) in [4.78, 5) is 0. The molecule has 1 aromatic rings. The highest BCUT2D eigenvalue weighted by atomic mass is 35.5. The third kappa shape index (κ3) is 6.65. The lowest BCUT2D eigenvalue weighted by molar-refractivity contribution is 0.163. The fourth-order valence-electron chi connectivity index (χ4n) is 1.87. The van der Waals surface area contributed by atoms with Gasteiger partial charge in [-0.3, -0.25) is 0 Å². The Morgan fingerprint density at radius 2 is 2.21 bits per heavy atom. The second-order valence-corrected chi connectivity index (χ2v) is 4.83. The van der Waals surface area contributed by atoms with Crippen LogP contribution in [0.15, 0.2) is 35.9 Å². The summed E-state index contributed by atoms with van der Waals surface area (Å²) in [6, 6.07) is 7.70. The first-order valence-corrected chi connectivity index (χ1v) is 7.37. The van der Waals surface area contributed by atoms with Gasteiger partial charge in [0, 0.05) is 12.0 Å². The van der Waals surface area contributed by atoms with Crippen molar-refractivity contribution in [1.82, 2.24) is 0 Å². The van der Waals surface area contributed by atoms with Gasteiger partial charge in [0.05, 0.1) is 12.7 Å². The van der Waals surface area contributed by atoms with Gasteiger partial charge in [-0.15, -0.1) is 0 Å². The Labute approximate surface area is 121 Å². The van der Waals surface area contributed by atoms with Gasteiger partial charge < -0.3 is 9.84 Å². The van der Waals surface area contributed by atoms with E-state index in [9.17, 15) is 5.11 Å². The van der Waals surface area contributed by atoms with Crippen molar-refractivity contribution in [3.8, 4) is 5.75 Å². The molecule has 3 heteroatoms. The highest BCUT2D eigenvalue weighted by Gasteiger charge is 2.07. The van der Waals surface area contributed by atoms with Crippen LogP contribution in [0.5, 0.6) is 5.75 Å². The molecule has 0 aromatic heterocycles. The molecule has 1 unspecified atom stereocenters. The number of hydrogen-bond donors (Lipinski definition) is 1. The molecule has 1 aromatic carbocycles. The maximum Gasteiger partial charge on any atom is 0.119 e. The first-order valence-electron chi connectivity index (χ1n) is 6.94. The maximum atomic E-state index is 10.1. The molecule has 1 atom stereocenters. The van der Waals surface area contributed by atoms with Crippen molar-refractivity contribution in [2.24, 2.45) is 0 Å². The van der Waals surface area contributed by atoms with E-state index < -0.39 is 6.10 Å². The molecule has 0 aliphatic heterocycles. The quantitative estimate of drug-likeness (QED) is 0.658. The van der Waals surface area contributed by atoms with Crippen LogP contribution in [-0.2, 0) is 0 Å². The summed E-state index contributed by atoms with van der Waals surface area (Å²) in [5, 5.41) is 10.1. The van der Waals surface area contributed by atoms with Crippen molar-refractivity contribution < 1.29 is 9.84 Å². The summed E-state index contributed by atoms with van der Waals surface area (Å²) in [7, 11) is 0. The Morgan fingerprint density at radius 3 is 2.95 bits per heavy atom. The standard InChI is InChI=1S/C16H23ClO2/c1-2-3-4-10-16(18)14-8-7-9-15(13-14)19-12-6-5-11-17/h5,7-9,11,13,16,18H,2-4,6,10,12H2,1H3/b11-5+. The summed E-state index contributed by atoms with van der Waals surface area (Å²) < 4.78 is 5.60. The number of aliphatic hydroxyl groups excluding tert-OH is 1. The molecule has 106 valence electrons. The predicted molar refractivity (Wildman–Crippen MR) is 80.6 cm³/mol. The van der Waals surface area contributed by atoms with Crippen molar-refractivity contribution in [2.75, 3.05) is 6.61 Å². The van der Waals surface area contributed by atoms with E-state index in [0.29, 0.717) is 6.61 Å². The fraction of sp³-hybridized carbons (Fsp3) is 0.500. The van der Waals surface area contributed by atoms with Crippen molar-refractivity contribution in [1.29, 1.82) is 0 Å². The number of rotatable bonds is 9. The third-order valence-corrected chi connectivity index (χ3v) is 3.14. The molecule has 0 amide bonds. The van der Waals surface area contributed by atoms with Crippen molar-refractivity contribution >= 4 is 11.6 Å². The minimum Gasteiger partial charge on any atom is -0.493 e. The van der Waals surface area contributed by atoms with Crippen LogP contribution in [0.3, 0.4) is 0 Å². The van der Waals surface area contributed by atoms with Gasteiger partial charge in [-0.25, -0.2) is 0 Å². The summed E-state index contributed by atoms with van der Waals surface area (Å²) in [6.45, 7) is 2.76. The minimum absolute atomic E-state index is 0.391. The van der Waals surface area contributed by atoms with Gasteiger partial charge in [0.1, 0.15) is 5.75 Å². The van der Waals surface area contributed by atoms with Gasteiger partial charge >= 0.3 is 0 Å². The Bertz CT molecular complexity index is 377. The largest absolute Gasteiger partial charge is 0.493 e. The van der Waals surface area contributed by atoms with E-state index in [-0.39, 0.29) is 0 Å². The molecule has 1 rings (SSSR count). The average molecular weight is 283 g/mol. The van der Waals surface area contributed by atoms with Gasteiger partial charge in [-0.1, -0.05) is 56.0 Å². The molecule has 2 nitrogen and oxygen atoms in total. The van der Waals surface area contributed by atoms with Crippen LogP contribution in [0.25, 0.3) is 0 Å². The molecule has 0 bridgehead atoms. The van der Waals surface area contributed by atoms with Gasteiger partial charge in [0.25, 0.3) is 0 Å². The van der Waals surface area contributed by atoms with Crippen molar-refractivity contribution in [3.05, 3.63) is 41.4 Å². The Hall–Kier alpha value is -0.990. The summed E-state index contributed by atoms with van der Waals surface area (Å²) in [5.41, 5.74) is 2.43. The minimum atomic E-state index is -0.391. The van der Waals surface area contributed by atoms with E-state index in [4.69, 9.17) is 16.3 Å². The van der Waals surface area contributed by atoms with Crippen LogP contribution >= 0.6 is 11.6 Å². The number of ether oxygens (including phenoxy) is 1. The van der Waals surface area contributed by atoms with E-state index >= 15 is 0 Å². The number of hydrogen-bond acceptors (Lipinski definition) is 2. The number of aliphatic hydroxyl groups is 1. The Kier molecular flexibility index (Phi) is 8.35. The highest BCUT2D eigenvalue weighted by Crippen LogP contribution is 2.23. The molecule has 0 radical (unpaired) electrons. The lowest BCUT2D eigenvalue weighted by Crippen LogP contribution is -2.00. The molecule has 0 aliphatic rings. The van der Waals surface area contributed by atoms with Crippen LogP contribution in [0.4, 0.5) is 0 Å². The Morgan fingerprint density at radius 1 is 1.37 bits per heavy atom. The first-order chi connectivity index (χ1) is 9.27. The summed E-state index contributed by atoms with van der Waals surface area (Å²) in [6.07, 6.45) is 6.45. The smallest absolute Gasteiger partial charge is 0.119 e. The van der Waals surface area contributed by atoms with E-state index in [1.807, 2.05) is 30.3 Å². The van der Waals surface area contributed by atoms with E-state index in [0.717, 1.165) is 37.0 Å². The number of benzene rings is 1. The van der Waals surface area contributed by atoms with Crippen LogP contribution in [0, 0.1) is 0 Å². The predicted octanol–water partition coefficient (Wildman–Crippen LogP) is 4.82. The Balaban J connectivity index is 2.46. The molecule has 19 heavy (non-hydrogen) atoms. The number of unbranched alkanes of at least 4 members (excludes halogenated alkanes) is 2. The van der Waals surface area contributed by atoms with Crippen molar-refractivity contribution in [2.45, 2.75) is 45.1 Å². The normalized spacial score (nSPS) is 12.8. The van der Waals surface area contributed by atoms with Crippen LogP contribution < -0.4 is 4.74 Å². The zero-order valence-electron chi connectivity index (χ0n) is 11.5. The van der Waals surface area contributed by atoms with E-state index in [1.54, 1.807) is 0 Å². The summed E-state index contributed by atoms with van der Waals surface area (Å²) in [5.74, 6) is 0.801. The fourth-order valence-corrected chi connectivity index (χ4v) is 2.00. The zero-order chi connectivity index (χ0) is 13.9. The third-order valence-electron chi connectivity index (χ3n) is 2.97. The lowest BCUT2D eigenvalue weighted by Gasteiger charge is -2.12. The van der Waals surface area contributed by atoms with Gasteiger partial charge in [-0.2, -0.15) is 0 Å². The van der Waals surface area contributed by atoms with E-state index in [2.05, 4.69) is 6.92 Å². The highest BCUT2D eigenvalue weighted by molar-refractivity contribution is 6.25. The first kappa shape index (κ1) is 16.1. The molecule has 1 N–H and O–H groups in total. The molecular formula is C16H23ClO2. The second-order valence-electron chi connectivity index (χ2n) is 4.58. The molecule has 0 spiro atoms. The second kappa shape index (κ2) is 9.88. The van der Waals surface area contributed by atoms with Crippen LogP contribution in [0.2, 0.25) is 0 Å². The maximum absolute atomic E-state index is 10.1. The van der Waals surface area contributed by atoms with Crippen molar-refractivity contribution in [3.63, 3.8) is 0 Å². The topological polar surface area (TPSA) is 29.5 Å². The average Bonchev–Trinajstić information content (AvgIpc) is 2.44. The summed E-state index contributed by atoms with van der Waals surface area (Å²) >= 11 is 5.44.